The predicted octanol–water partition coefficient (Wildman–Crippen LogP) is 0.230. The van der Waals surface area contributed by atoms with Gasteiger partial charge in [-0.15, -0.1) is 10.2 Å². The number of methoxy groups -OCH3 is 2. The number of hydrogen-bond acceptors (Lipinski definition) is 5. The number of aliphatic imine (C=N–C) groups is 1. The molecule has 0 saturated carbocycles. The Morgan fingerprint density at radius 3 is 2.55 bits per heavy atom. The molecular formula is C14H28N6O2. The molecule has 0 aliphatic carbocycles. The molecule has 1 rings (SSSR count). The largest absolute Gasteiger partial charge is 0.383 e. The Balaban J connectivity index is 2.67. The second-order valence-electron chi connectivity index (χ2n) is 5.62. The van der Waals surface area contributed by atoms with Gasteiger partial charge in [-0.1, -0.05) is 0 Å². The highest BCUT2D eigenvalue weighted by Crippen LogP contribution is 2.04. The van der Waals surface area contributed by atoms with Crippen molar-refractivity contribution in [2.45, 2.75) is 32.9 Å². The molecule has 126 valence electrons. The topological polar surface area (TPSA) is 85.6 Å². The molecule has 0 saturated heterocycles. The predicted molar refractivity (Wildman–Crippen MR) is 85.8 cm³/mol. The Hall–Kier alpha value is -1.67. The zero-order valence-electron chi connectivity index (χ0n) is 14.4. The molecule has 1 aromatic heterocycles. The van der Waals surface area contributed by atoms with Crippen LogP contribution in [-0.4, -0.2) is 60.2 Å². The monoisotopic (exact) mass is 312 g/mol. The van der Waals surface area contributed by atoms with E-state index >= 15 is 0 Å². The van der Waals surface area contributed by atoms with Crippen molar-refractivity contribution >= 4 is 5.96 Å². The average Bonchev–Trinajstić information content (AvgIpc) is 2.81. The van der Waals surface area contributed by atoms with Crippen molar-refractivity contribution in [3.05, 3.63) is 11.6 Å². The van der Waals surface area contributed by atoms with Crippen molar-refractivity contribution in [2.75, 3.05) is 33.9 Å². The molecule has 1 heterocycles. The SMILES string of the molecule is COCCNC(=NCc1nnc(C)n1C)NCC(C)(C)OC. The lowest BCUT2D eigenvalue weighted by atomic mass is 10.1. The molecule has 0 unspecified atom stereocenters. The first-order valence-electron chi connectivity index (χ1n) is 7.30. The minimum Gasteiger partial charge on any atom is -0.383 e. The first kappa shape index (κ1) is 18.4. The van der Waals surface area contributed by atoms with E-state index in [1.165, 1.54) is 0 Å². The molecule has 0 fully saturated rings. The van der Waals surface area contributed by atoms with Gasteiger partial charge in [0.2, 0.25) is 0 Å². The molecule has 0 aromatic carbocycles. The fraction of sp³-hybridized carbons (Fsp3) is 0.786. The van der Waals surface area contributed by atoms with Crippen LogP contribution in [0.4, 0.5) is 0 Å². The molecule has 0 amide bonds. The Morgan fingerprint density at radius 2 is 2.00 bits per heavy atom. The number of aromatic nitrogens is 3. The maximum atomic E-state index is 5.40. The van der Waals surface area contributed by atoms with Gasteiger partial charge in [0.15, 0.2) is 11.8 Å². The summed E-state index contributed by atoms with van der Waals surface area (Å²) in [6.07, 6.45) is 0. The minimum atomic E-state index is -0.273. The van der Waals surface area contributed by atoms with Crippen LogP contribution in [0.25, 0.3) is 0 Å². The van der Waals surface area contributed by atoms with Gasteiger partial charge in [0.05, 0.1) is 12.2 Å². The van der Waals surface area contributed by atoms with E-state index in [0.717, 1.165) is 11.6 Å². The maximum Gasteiger partial charge on any atom is 0.191 e. The molecule has 8 nitrogen and oxygen atoms in total. The zero-order valence-corrected chi connectivity index (χ0v) is 14.4. The Labute approximate surface area is 132 Å². The molecule has 0 radical (unpaired) electrons. The van der Waals surface area contributed by atoms with E-state index in [2.05, 4.69) is 25.8 Å². The fourth-order valence-electron chi connectivity index (χ4n) is 1.55. The van der Waals surface area contributed by atoms with Crippen molar-refractivity contribution < 1.29 is 9.47 Å². The van der Waals surface area contributed by atoms with Crippen LogP contribution in [0.2, 0.25) is 0 Å². The highest BCUT2D eigenvalue weighted by Gasteiger charge is 2.16. The number of nitrogens with one attached hydrogen (secondary N) is 2. The van der Waals surface area contributed by atoms with Gasteiger partial charge in [0.1, 0.15) is 12.4 Å². The van der Waals surface area contributed by atoms with Crippen LogP contribution in [-0.2, 0) is 23.1 Å². The Bertz CT molecular complexity index is 484. The summed E-state index contributed by atoms with van der Waals surface area (Å²) in [7, 11) is 5.29. The summed E-state index contributed by atoms with van der Waals surface area (Å²) in [6, 6.07) is 0. The molecule has 0 aliphatic heterocycles. The number of rotatable bonds is 8. The van der Waals surface area contributed by atoms with Crippen LogP contribution in [0.15, 0.2) is 4.99 Å². The van der Waals surface area contributed by atoms with Crippen LogP contribution >= 0.6 is 0 Å². The standard InChI is InChI=1S/C14H28N6O2/c1-11-18-19-12(20(11)4)9-16-13(15-7-8-21-5)17-10-14(2,3)22-6/h7-10H2,1-6H3,(H2,15,16,17). The van der Waals surface area contributed by atoms with E-state index in [0.29, 0.717) is 32.2 Å². The van der Waals surface area contributed by atoms with Crippen molar-refractivity contribution in [2.24, 2.45) is 12.0 Å². The summed E-state index contributed by atoms with van der Waals surface area (Å²) in [5.41, 5.74) is -0.273. The molecule has 2 N–H and O–H groups in total. The quantitative estimate of drug-likeness (QED) is 0.406. The van der Waals surface area contributed by atoms with E-state index in [1.54, 1.807) is 14.2 Å². The summed E-state index contributed by atoms with van der Waals surface area (Å²) in [5, 5.41) is 14.6. The normalized spacial score (nSPS) is 12.5. The second kappa shape index (κ2) is 8.70. The highest BCUT2D eigenvalue weighted by atomic mass is 16.5. The number of nitrogens with zero attached hydrogens (tertiary/aromatic N) is 4. The fourth-order valence-corrected chi connectivity index (χ4v) is 1.55. The molecular weight excluding hydrogens is 284 g/mol. The van der Waals surface area contributed by atoms with Gasteiger partial charge in [0.25, 0.3) is 0 Å². The van der Waals surface area contributed by atoms with Crippen molar-refractivity contribution in [1.82, 2.24) is 25.4 Å². The van der Waals surface area contributed by atoms with Gasteiger partial charge in [-0.05, 0) is 20.8 Å². The molecule has 22 heavy (non-hydrogen) atoms. The molecule has 8 heteroatoms. The van der Waals surface area contributed by atoms with Gasteiger partial charge in [-0.2, -0.15) is 0 Å². The summed E-state index contributed by atoms with van der Waals surface area (Å²) in [5.74, 6) is 2.38. The van der Waals surface area contributed by atoms with E-state index in [9.17, 15) is 0 Å². The van der Waals surface area contributed by atoms with Crippen LogP contribution < -0.4 is 10.6 Å². The lowest BCUT2D eigenvalue weighted by Crippen LogP contribution is -2.46. The number of aryl methyl sites for hydroxylation is 1. The Morgan fingerprint density at radius 1 is 1.27 bits per heavy atom. The highest BCUT2D eigenvalue weighted by molar-refractivity contribution is 5.79. The van der Waals surface area contributed by atoms with Crippen LogP contribution in [0.3, 0.4) is 0 Å². The van der Waals surface area contributed by atoms with E-state index in [1.807, 2.05) is 32.4 Å². The second-order valence-corrected chi connectivity index (χ2v) is 5.62. The third-order valence-corrected chi connectivity index (χ3v) is 3.39. The van der Waals surface area contributed by atoms with Gasteiger partial charge < -0.3 is 24.7 Å². The van der Waals surface area contributed by atoms with Gasteiger partial charge in [0, 0.05) is 34.4 Å². The van der Waals surface area contributed by atoms with E-state index in [4.69, 9.17) is 9.47 Å². The van der Waals surface area contributed by atoms with Crippen LogP contribution in [0.5, 0.6) is 0 Å². The van der Waals surface area contributed by atoms with Crippen molar-refractivity contribution in [3.63, 3.8) is 0 Å². The van der Waals surface area contributed by atoms with Gasteiger partial charge in [-0.3, -0.25) is 0 Å². The Kier molecular flexibility index (Phi) is 7.26. The summed E-state index contributed by atoms with van der Waals surface area (Å²) in [6.45, 7) is 8.31. The first-order chi connectivity index (χ1) is 10.4. The zero-order chi connectivity index (χ0) is 16.6. The van der Waals surface area contributed by atoms with Gasteiger partial charge in [-0.25, -0.2) is 4.99 Å². The average molecular weight is 312 g/mol. The lowest BCUT2D eigenvalue weighted by Gasteiger charge is -2.24. The van der Waals surface area contributed by atoms with Crippen LogP contribution in [0, 0.1) is 6.92 Å². The van der Waals surface area contributed by atoms with Crippen molar-refractivity contribution in [3.8, 4) is 0 Å². The number of guanidine groups is 1. The van der Waals surface area contributed by atoms with E-state index < -0.39 is 0 Å². The maximum absolute atomic E-state index is 5.40. The molecule has 0 aliphatic rings. The number of hydrogen-bond donors (Lipinski definition) is 2. The third kappa shape index (κ3) is 5.98. The molecule has 1 aromatic rings. The lowest BCUT2D eigenvalue weighted by molar-refractivity contribution is 0.0268. The number of ether oxygens (including phenoxy) is 2. The van der Waals surface area contributed by atoms with Crippen LogP contribution in [0.1, 0.15) is 25.5 Å². The molecule has 0 bridgehead atoms. The summed E-state index contributed by atoms with van der Waals surface area (Å²) >= 11 is 0. The third-order valence-electron chi connectivity index (χ3n) is 3.39. The first-order valence-corrected chi connectivity index (χ1v) is 7.30. The minimum absolute atomic E-state index is 0.273. The molecule has 0 atom stereocenters. The summed E-state index contributed by atoms with van der Waals surface area (Å²) in [4.78, 5) is 4.54. The molecule has 0 spiro atoms. The van der Waals surface area contributed by atoms with Crippen molar-refractivity contribution in [1.29, 1.82) is 0 Å². The summed E-state index contributed by atoms with van der Waals surface area (Å²) < 4.78 is 12.4. The van der Waals surface area contributed by atoms with Gasteiger partial charge >= 0.3 is 0 Å². The van der Waals surface area contributed by atoms with E-state index in [-0.39, 0.29) is 5.60 Å². The smallest absolute Gasteiger partial charge is 0.191 e.